The van der Waals surface area contributed by atoms with E-state index in [9.17, 15) is 4.79 Å². The van der Waals surface area contributed by atoms with Gasteiger partial charge in [0.1, 0.15) is 5.75 Å². The topological polar surface area (TPSA) is 88.9 Å². The van der Waals surface area contributed by atoms with Crippen LogP contribution >= 0.6 is 0 Å². The number of para-hydroxylation sites is 1. The molecule has 182 valence electrons. The second-order valence-electron chi connectivity index (χ2n) is 8.91. The van der Waals surface area contributed by atoms with E-state index in [4.69, 9.17) is 4.74 Å². The van der Waals surface area contributed by atoms with Crippen molar-refractivity contribution < 1.29 is 4.74 Å². The molecule has 5 aromatic rings. The van der Waals surface area contributed by atoms with Crippen molar-refractivity contribution in [1.82, 2.24) is 30.1 Å². The fourth-order valence-electron chi connectivity index (χ4n) is 4.38. The maximum atomic E-state index is 13.0. The smallest absolute Gasteiger partial charge is 0.252 e. The van der Waals surface area contributed by atoms with Crippen molar-refractivity contribution in [3.8, 4) is 5.75 Å². The van der Waals surface area contributed by atoms with Gasteiger partial charge in [0.15, 0.2) is 5.82 Å². The van der Waals surface area contributed by atoms with E-state index in [0.717, 1.165) is 39.2 Å². The number of H-pyrrole nitrogens is 1. The number of fused-ring (bicyclic) bond motifs is 1. The number of hydrogen-bond donors (Lipinski definition) is 1. The van der Waals surface area contributed by atoms with Gasteiger partial charge in [0.25, 0.3) is 5.56 Å². The van der Waals surface area contributed by atoms with Gasteiger partial charge in [0, 0.05) is 29.7 Å². The molecule has 0 amide bonds. The molecule has 0 aliphatic heterocycles. The number of pyridine rings is 1. The molecule has 8 nitrogen and oxygen atoms in total. The minimum absolute atomic E-state index is 0.0954. The lowest BCUT2D eigenvalue weighted by molar-refractivity contribution is 0.232. The summed E-state index contributed by atoms with van der Waals surface area (Å²) in [5.41, 5.74) is 4.67. The van der Waals surface area contributed by atoms with Crippen LogP contribution < -0.4 is 10.3 Å². The number of rotatable bonds is 9. The van der Waals surface area contributed by atoms with Crippen molar-refractivity contribution in [3.63, 3.8) is 0 Å². The maximum absolute atomic E-state index is 13.0. The number of aromatic nitrogens is 5. The summed E-state index contributed by atoms with van der Waals surface area (Å²) in [6, 6.07) is 26.0. The molecular weight excluding hydrogens is 452 g/mol. The molecule has 2 aromatic heterocycles. The van der Waals surface area contributed by atoms with Crippen LogP contribution in [0.3, 0.4) is 0 Å². The van der Waals surface area contributed by atoms with Crippen molar-refractivity contribution in [2.24, 2.45) is 0 Å². The molecule has 2 heterocycles. The van der Waals surface area contributed by atoms with Crippen LogP contribution in [0, 0.1) is 6.92 Å². The van der Waals surface area contributed by atoms with Crippen LogP contribution in [0.5, 0.6) is 5.75 Å². The highest BCUT2D eigenvalue weighted by Crippen LogP contribution is 2.22. The minimum atomic E-state index is -0.0954. The van der Waals surface area contributed by atoms with Crippen molar-refractivity contribution in [2.75, 3.05) is 7.11 Å². The van der Waals surface area contributed by atoms with Gasteiger partial charge in [-0.25, -0.2) is 4.68 Å². The highest BCUT2D eigenvalue weighted by molar-refractivity contribution is 5.79. The van der Waals surface area contributed by atoms with Gasteiger partial charge < -0.3 is 9.72 Å². The summed E-state index contributed by atoms with van der Waals surface area (Å²) in [5.74, 6) is 1.52. The quantitative estimate of drug-likeness (QED) is 0.342. The predicted molar refractivity (Wildman–Crippen MR) is 139 cm³/mol. The van der Waals surface area contributed by atoms with Crippen LogP contribution in [-0.4, -0.2) is 37.2 Å². The van der Waals surface area contributed by atoms with Crippen molar-refractivity contribution in [1.29, 1.82) is 0 Å². The Morgan fingerprint density at radius 3 is 2.53 bits per heavy atom. The predicted octanol–water partition coefficient (Wildman–Crippen LogP) is 4.08. The fraction of sp³-hybridized carbons (Fsp3) is 0.214. The third-order valence-electron chi connectivity index (χ3n) is 6.21. The van der Waals surface area contributed by atoms with Crippen LogP contribution in [0.25, 0.3) is 10.9 Å². The van der Waals surface area contributed by atoms with Crippen LogP contribution in [0.4, 0.5) is 0 Å². The maximum Gasteiger partial charge on any atom is 0.252 e. The molecule has 0 aliphatic rings. The molecule has 0 unspecified atom stereocenters. The van der Waals surface area contributed by atoms with Crippen LogP contribution in [0.2, 0.25) is 0 Å². The van der Waals surface area contributed by atoms with Gasteiger partial charge in [0.05, 0.1) is 20.2 Å². The number of nitrogens with one attached hydrogen (secondary N) is 1. The Labute approximate surface area is 209 Å². The number of methoxy groups -OCH3 is 1. The lowest BCUT2D eigenvalue weighted by Gasteiger charge is -2.23. The summed E-state index contributed by atoms with van der Waals surface area (Å²) in [5, 5.41) is 13.4. The number of aromatic amines is 1. The van der Waals surface area contributed by atoms with Gasteiger partial charge in [-0.2, -0.15) is 0 Å². The number of benzene rings is 3. The van der Waals surface area contributed by atoms with E-state index in [2.05, 4.69) is 31.5 Å². The van der Waals surface area contributed by atoms with Gasteiger partial charge in [0.2, 0.25) is 0 Å². The summed E-state index contributed by atoms with van der Waals surface area (Å²) in [4.78, 5) is 18.2. The first-order valence-electron chi connectivity index (χ1n) is 11.8. The minimum Gasteiger partial charge on any atom is -0.496 e. The Balaban J connectivity index is 1.46. The first-order chi connectivity index (χ1) is 17.6. The first-order valence-corrected chi connectivity index (χ1v) is 11.8. The standard InChI is InChI=1S/C28H28N6O2/c1-20-12-13-22-15-24(28(35)29-25(22)14-20)18-33(17-23-10-6-7-11-26(23)36-2)19-27-30-31-32-34(27)16-21-8-4-3-5-9-21/h3-15H,16-19H2,1-2H3,(H,29,35). The third-order valence-corrected chi connectivity index (χ3v) is 6.21. The van der Waals surface area contributed by atoms with Crippen LogP contribution in [0.15, 0.2) is 83.7 Å². The molecule has 0 saturated heterocycles. The molecule has 0 bridgehead atoms. The zero-order valence-electron chi connectivity index (χ0n) is 20.4. The largest absolute Gasteiger partial charge is 0.496 e. The Kier molecular flexibility index (Phi) is 6.86. The number of aryl methyl sites for hydroxylation is 1. The molecule has 3 aromatic carbocycles. The molecular formula is C28H28N6O2. The van der Waals surface area contributed by atoms with Gasteiger partial charge in [-0.1, -0.05) is 60.7 Å². The Morgan fingerprint density at radius 1 is 0.917 bits per heavy atom. The molecule has 1 N–H and O–H groups in total. The zero-order chi connectivity index (χ0) is 24.9. The van der Waals surface area contributed by atoms with E-state index in [1.807, 2.05) is 79.7 Å². The molecule has 8 heteroatoms. The summed E-state index contributed by atoms with van der Waals surface area (Å²) in [6.45, 7) is 4.04. The van der Waals surface area contributed by atoms with E-state index in [1.165, 1.54) is 0 Å². The first kappa shape index (κ1) is 23.4. The van der Waals surface area contributed by atoms with Crippen molar-refractivity contribution >= 4 is 10.9 Å². The van der Waals surface area contributed by atoms with E-state index in [1.54, 1.807) is 11.8 Å². The van der Waals surface area contributed by atoms with Crippen molar-refractivity contribution in [2.45, 2.75) is 33.1 Å². The van der Waals surface area contributed by atoms with E-state index in [0.29, 0.717) is 31.7 Å². The average Bonchev–Trinajstić information content (AvgIpc) is 3.31. The molecule has 0 aliphatic carbocycles. The summed E-state index contributed by atoms with van der Waals surface area (Å²) < 4.78 is 7.39. The molecule has 5 rings (SSSR count). The van der Waals surface area contributed by atoms with Gasteiger partial charge in [-0.15, -0.1) is 5.10 Å². The van der Waals surface area contributed by atoms with Gasteiger partial charge in [-0.05, 0) is 52.1 Å². The molecule has 0 radical (unpaired) electrons. The fourth-order valence-corrected chi connectivity index (χ4v) is 4.38. The molecule has 0 saturated carbocycles. The number of tetrazole rings is 1. The normalized spacial score (nSPS) is 11.3. The third kappa shape index (κ3) is 5.34. The van der Waals surface area contributed by atoms with Gasteiger partial charge >= 0.3 is 0 Å². The van der Waals surface area contributed by atoms with E-state index in [-0.39, 0.29) is 5.56 Å². The summed E-state index contributed by atoms with van der Waals surface area (Å²) in [7, 11) is 1.67. The number of nitrogens with zero attached hydrogens (tertiary/aromatic N) is 5. The lowest BCUT2D eigenvalue weighted by Crippen LogP contribution is -2.28. The molecule has 36 heavy (non-hydrogen) atoms. The van der Waals surface area contributed by atoms with Crippen LogP contribution in [-0.2, 0) is 26.2 Å². The SMILES string of the molecule is COc1ccccc1CN(Cc1cc2ccc(C)cc2[nH]c1=O)Cc1nnnn1Cc1ccccc1. The Morgan fingerprint density at radius 2 is 1.69 bits per heavy atom. The Bertz CT molecular complexity index is 1530. The van der Waals surface area contributed by atoms with Gasteiger partial charge in [-0.3, -0.25) is 9.69 Å². The molecule has 0 fully saturated rings. The second-order valence-corrected chi connectivity index (χ2v) is 8.91. The van der Waals surface area contributed by atoms with Crippen LogP contribution in [0.1, 0.15) is 28.1 Å². The second kappa shape index (κ2) is 10.5. The highest BCUT2D eigenvalue weighted by Gasteiger charge is 2.17. The van der Waals surface area contributed by atoms with E-state index < -0.39 is 0 Å². The highest BCUT2D eigenvalue weighted by atomic mass is 16.5. The Hall–Kier alpha value is -4.30. The lowest BCUT2D eigenvalue weighted by atomic mass is 10.1. The monoisotopic (exact) mass is 480 g/mol. The average molecular weight is 481 g/mol. The number of hydrogen-bond acceptors (Lipinski definition) is 6. The van der Waals surface area contributed by atoms with Crippen molar-refractivity contribution in [3.05, 3.63) is 117 Å². The molecule has 0 spiro atoms. The van der Waals surface area contributed by atoms with E-state index >= 15 is 0 Å². The summed E-state index contributed by atoms with van der Waals surface area (Å²) in [6.07, 6.45) is 0. The summed E-state index contributed by atoms with van der Waals surface area (Å²) >= 11 is 0. The number of ether oxygens (including phenoxy) is 1. The zero-order valence-corrected chi connectivity index (χ0v) is 20.4. The molecule has 0 atom stereocenters.